The summed E-state index contributed by atoms with van der Waals surface area (Å²) in [5.74, 6) is -0.280. The standard InChI is InChI=1S/C13H10N4O2/c14-8-2-3-9-10(6-8)13(19)17(12(9)18)7-11-15-4-1-5-16-11/h1-6H,7,14H2. The van der Waals surface area contributed by atoms with Crippen molar-refractivity contribution in [1.82, 2.24) is 14.9 Å². The average Bonchev–Trinajstić information content (AvgIpc) is 2.65. The summed E-state index contributed by atoms with van der Waals surface area (Å²) in [6.07, 6.45) is 3.14. The van der Waals surface area contributed by atoms with Gasteiger partial charge in [0.2, 0.25) is 0 Å². The van der Waals surface area contributed by atoms with Crippen molar-refractivity contribution in [3.63, 3.8) is 0 Å². The van der Waals surface area contributed by atoms with Gasteiger partial charge >= 0.3 is 0 Å². The van der Waals surface area contributed by atoms with Crippen LogP contribution in [0.2, 0.25) is 0 Å². The molecule has 0 saturated carbocycles. The number of carbonyl (C=O) groups excluding carboxylic acids is 2. The maximum absolute atomic E-state index is 12.2. The highest BCUT2D eigenvalue weighted by Crippen LogP contribution is 2.25. The molecule has 0 saturated heterocycles. The number of aromatic nitrogens is 2. The van der Waals surface area contributed by atoms with Gasteiger partial charge in [0.05, 0.1) is 17.7 Å². The van der Waals surface area contributed by atoms with Gasteiger partial charge < -0.3 is 5.73 Å². The van der Waals surface area contributed by atoms with Gasteiger partial charge in [-0.15, -0.1) is 0 Å². The number of nitrogens with two attached hydrogens (primary N) is 1. The zero-order valence-electron chi connectivity index (χ0n) is 9.91. The number of benzene rings is 1. The number of hydrogen-bond donors (Lipinski definition) is 1. The molecule has 0 spiro atoms. The number of amides is 2. The Morgan fingerprint density at radius 2 is 1.74 bits per heavy atom. The van der Waals surface area contributed by atoms with E-state index in [-0.39, 0.29) is 18.4 Å². The van der Waals surface area contributed by atoms with E-state index >= 15 is 0 Å². The quantitative estimate of drug-likeness (QED) is 0.634. The van der Waals surface area contributed by atoms with Crippen molar-refractivity contribution in [1.29, 1.82) is 0 Å². The van der Waals surface area contributed by atoms with Crippen LogP contribution in [0.5, 0.6) is 0 Å². The van der Waals surface area contributed by atoms with Gasteiger partial charge in [0.25, 0.3) is 11.8 Å². The van der Waals surface area contributed by atoms with Gasteiger partial charge in [-0.25, -0.2) is 9.97 Å². The highest BCUT2D eigenvalue weighted by Gasteiger charge is 2.35. The van der Waals surface area contributed by atoms with Crippen LogP contribution in [-0.2, 0) is 6.54 Å². The van der Waals surface area contributed by atoms with Crippen LogP contribution >= 0.6 is 0 Å². The van der Waals surface area contributed by atoms with E-state index in [1.165, 1.54) is 6.07 Å². The molecule has 2 amide bonds. The second-order valence-electron chi connectivity index (χ2n) is 4.17. The number of fused-ring (bicyclic) bond motifs is 1. The summed E-state index contributed by atoms with van der Waals surface area (Å²) in [6, 6.07) is 6.36. The van der Waals surface area contributed by atoms with Gasteiger partial charge in [-0.2, -0.15) is 0 Å². The summed E-state index contributed by atoms with van der Waals surface area (Å²) in [7, 11) is 0. The largest absolute Gasteiger partial charge is 0.399 e. The molecule has 0 atom stereocenters. The molecule has 2 N–H and O–H groups in total. The molecule has 1 aromatic heterocycles. The fraction of sp³-hybridized carbons (Fsp3) is 0.0769. The summed E-state index contributed by atoms with van der Waals surface area (Å²) < 4.78 is 0. The van der Waals surface area contributed by atoms with Crippen LogP contribution in [0.4, 0.5) is 5.69 Å². The van der Waals surface area contributed by atoms with Crippen LogP contribution in [0.3, 0.4) is 0 Å². The summed E-state index contributed by atoms with van der Waals surface area (Å²) in [4.78, 5) is 33.4. The van der Waals surface area contributed by atoms with Crippen molar-refractivity contribution in [2.24, 2.45) is 0 Å². The Labute approximate surface area is 108 Å². The fourth-order valence-electron chi connectivity index (χ4n) is 2.00. The van der Waals surface area contributed by atoms with Crippen molar-refractivity contribution >= 4 is 17.5 Å². The number of rotatable bonds is 2. The second-order valence-corrected chi connectivity index (χ2v) is 4.17. The van der Waals surface area contributed by atoms with Crippen molar-refractivity contribution in [3.8, 4) is 0 Å². The highest BCUT2D eigenvalue weighted by atomic mass is 16.2. The Hall–Kier alpha value is -2.76. The molecular formula is C13H10N4O2. The Balaban J connectivity index is 1.95. The summed E-state index contributed by atoms with van der Waals surface area (Å²) in [6.45, 7) is 0.0626. The molecule has 0 bridgehead atoms. The molecule has 0 aliphatic carbocycles. The number of carbonyl (C=O) groups is 2. The molecule has 1 aromatic carbocycles. The van der Waals surface area contributed by atoms with Crippen LogP contribution < -0.4 is 5.73 Å². The van der Waals surface area contributed by atoms with Crippen molar-refractivity contribution in [2.75, 3.05) is 5.73 Å². The van der Waals surface area contributed by atoms with E-state index in [9.17, 15) is 9.59 Å². The lowest BCUT2D eigenvalue weighted by Gasteiger charge is -2.11. The Kier molecular flexibility index (Phi) is 2.49. The molecule has 2 heterocycles. The third kappa shape index (κ3) is 1.83. The first-order valence-electron chi connectivity index (χ1n) is 5.68. The minimum atomic E-state index is -0.361. The summed E-state index contributed by atoms with van der Waals surface area (Å²) in [5.41, 5.74) is 6.79. The number of anilines is 1. The van der Waals surface area contributed by atoms with Crippen LogP contribution in [0.25, 0.3) is 0 Å². The van der Waals surface area contributed by atoms with Gasteiger partial charge in [0.1, 0.15) is 5.82 Å². The topological polar surface area (TPSA) is 89.2 Å². The molecule has 1 aliphatic rings. The molecule has 94 valence electrons. The summed E-state index contributed by atoms with van der Waals surface area (Å²) in [5, 5.41) is 0. The molecule has 0 radical (unpaired) electrons. The normalized spacial score (nSPS) is 13.8. The number of nitrogens with zero attached hydrogens (tertiary/aromatic N) is 3. The maximum Gasteiger partial charge on any atom is 0.262 e. The minimum Gasteiger partial charge on any atom is -0.399 e. The van der Waals surface area contributed by atoms with E-state index in [0.29, 0.717) is 22.6 Å². The molecule has 6 heteroatoms. The molecule has 0 unspecified atom stereocenters. The van der Waals surface area contributed by atoms with E-state index in [0.717, 1.165) is 4.90 Å². The van der Waals surface area contributed by atoms with Crippen molar-refractivity contribution in [3.05, 3.63) is 53.6 Å². The lowest BCUT2D eigenvalue weighted by atomic mass is 10.1. The number of nitrogen functional groups attached to an aromatic ring is 1. The van der Waals surface area contributed by atoms with E-state index in [1.807, 2.05) is 0 Å². The predicted molar refractivity (Wildman–Crippen MR) is 67.1 cm³/mol. The first kappa shape index (κ1) is 11.3. The van der Waals surface area contributed by atoms with Gasteiger partial charge in [0.15, 0.2) is 0 Å². The maximum atomic E-state index is 12.2. The molecule has 1 aliphatic heterocycles. The lowest BCUT2D eigenvalue weighted by molar-refractivity contribution is 0.0638. The SMILES string of the molecule is Nc1ccc2c(c1)C(=O)N(Cc1ncccn1)C2=O. The van der Waals surface area contributed by atoms with Gasteiger partial charge in [-0.1, -0.05) is 0 Å². The average molecular weight is 254 g/mol. The molecule has 2 aromatic rings. The van der Waals surface area contributed by atoms with Crippen LogP contribution in [0, 0.1) is 0 Å². The molecule has 0 fully saturated rings. The first-order chi connectivity index (χ1) is 9.16. The van der Waals surface area contributed by atoms with Crippen molar-refractivity contribution in [2.45, 2.75) is 6.54 Å². The van der Waals surface area contributed by atoms with Gasteiger partial charge in [-0.3, -0.25) is 14.5 Å². The predicted octanol–water partition coefficient (Wildman–Crippen LogP) is 0.855. The van der Waals surface area contributed by atoms with Crippen LogP contribution in [0.15, 0.2) is 36.7 Å². The molecular weight excluding hydrogens is 244 g/mol. The lowest BCUT2D eigenvalue weighted by Crippen LogP contribution is -2.29. The van der Waals surface area contributed by atoms with E-state index < -0.39 is 0 Å². The molecule has 3 rings (SSSR count). The monoisotopic (exact) mass is 254 g/mol. The van der Waals surface area contributed by atoms with Gasteiger partial charge in [0, 0.05) is 18.1 Å². The van der Waals surface area contributed by atoms with E-state index in [2.05, 4.69) is 9.97 Å². The Morgan fingerprint density at radius 3 is 2.47 bits per heavy atom. The zero-order chi connectivity index (χ0) is 13.4. The van der Waals surface area contributed by atoms with Crippen LogP contribution in [0.1, 0.15) is 26.5 Å². The van der Waals surface area contributed by atoms with Gasteiger partial charge in [-0.05, 0) is 24.3 Å². The number of hydrogen-bond acceptors (Lipinski definition) is 5. The Morgan fingerprint density at radius 1 is 1.05 bits per heavy atom. The third-order valence-electron chi connectivity index (χ3n) is 2.91. The minimum absolute atomic E-state index is 0.0626. The smallest absolute Gasteiger partial charge is 0.262 e. The molecule has 19 heavy (non-hydrogen) atoms. The third-order valence-corrected chi connectivity index (χ3v) is 2.91. The highest BCUT2D eigenvalue weighted by molar-refractivity contribution is 6.21. The molecule has 6 nitrogen and oxygen atoms in total. The Bertz CT molecular complexity index is 670. The zero-order valence-corrected chi connectivity index (χ0v) is 9.91. The fourth-order valence-corrected chi connectivity index (χ4v) is 2.00. The second kappa shape index (κ2) is 4.16. The summed E-state index contributed by atoms with van der Waals surface area (Å²) >= 11 is 0. The number of imide groups is 1. The van der Waals surface area contributed by atoms with Crippen LogP contribution in [-0.4, -0.2) is 26.7 Å². The van der Waals surface area contributed by atoms with E-state index in [4.69, 9.17) is 5.73 Å². The van der Waals surface area contributed by atoms with E-state index in [1.54, 1.807) is 30.6 Å². The first-order valence-corrected chi connectivity index (χ1v) is 5.68. The van der Waals surface area contributed by atoms with Crippen molar-refractivity contribution < 1.29 is 9.59 Å².